The summed E-state index contributed by atoms with van der Waals surface area (Å²) < 4.78 is 45.7. The van der Waals surface area contributed by atoms with Gasteiger partial charge in [0.2, 0.25) is 5.89 Å². The molecular formula is C24H24N4O6S. The van der Waals surface area contributed by atoms with Gasteiger partial charge in [0.1, 0.15) is 29.4 Å². The third-order valence-corrected chi connectivity index (χ3v) is 6.50. The zero-order valence-electron chi connectivity index (χ0n) is 19.4. The van der Waals surface area contributed by atoms with Crippen molar-refractivity contribution < 1.29 is 27.1 Å². The minimum absolute atomic E-state index is 0.0179. The molecule has 2 aromatic carbocycles. The molecule has 2 aromatic heterocycles. The molecule has 0 saturated heterocycles. The summed E-state index contributed by atoms with van der Waals surface area (Å²) >= 11 is 0. The molecule has 0 aliphatic rings. The van der Waals surface area contributed by atoms with E-state index in [0.29, 0.717) is 29.6 Å². The summed E-state index contributed by atoms with van der Waals surface area (Å²) in [6.45, 7) is 4.23. The van der Waals surface area contributed by atoms with Crippen molar-refractivity contribution in [1.29, 1.82) is 0 Å². The lowest BCUT2D eigenvalue weighted by atomic mass is 10.2. The van der Waals surface area contributed by atoms with E-state index >= 15 is 0 Å². The molecule has 0 aliphatic heterocycles. The number of sulfonamides is 1. The first kappa shape index (κ1) is 24.0. The monoisotopic (exact) mass is 496 g/mol. The molecule has 4 aromatic rings. The van der Waals surface area contributed by atoms with E-state index in [1.807, 2.05) is 44.2 Å². The van der Waals surface area contributed by atoms with Gasteiger partial charge in [0.05, 0.1) is 12.0 Å². The first-order valence-electron chi connectivity index (χ1n) is 10.7. The predicted octanol–water partition coefficient (Wildman–Crippen LogP) is 4.03. The second kappa shape index (κ2) is 10.0. The third kappa shape index (κ3) is 5.35. The molecule has 0 saturated carbocycles. The molecule has 0 unspecified atom stereocenters. The van der Waals surface area contributed by atoms with Gasteiger partial charge in [-0.05, 0) is 50.2 Å². The van der Waals surface area contributed by atoms with E-state index in [1.54, 1.807) is 0 Å². The van der Waals surface area contributed by atoms with Crippen molar-refractivity contribution in [3.8, 4) is 17.2 Å². The molecule has 11 heteroatoms. The van der Waals surface area contributed by atoms with Crippen LogP contribution in [-0.4, -0.2) is 36.3 Å². The number of esters is 1. The number of aromatic nitrogens is 3. The van der Waals surface area contributed by atoms with E-state index in [1.165, 1.54) is 42.3 Å². The van der Waals surface area contributed by atoms with Crippen molar-refractivity contribution >= 4 is 21.8 Å². The lowest BCUT2D eigenvalue weighted by Gasteiger charge is -2.09. The molecule has 182 valence electrons. The zero-order valence-corrected chi connectivity index (χ0v) is 20.2. The molecule has 0 bridgehead atoms. The number of hydrogen-bond acceptors (Lipinski definition) is 8. The minimum Gasteiger partial charge on any atom is -0.487 e. The van der Waals surface area contributed by atoms with Crippen molar-refractivity contribution in [1.82, 2.24) is 14.8 Å². The molecule has 0 spiro atoms. The maximum atomic E-state index is 12.9. The first-order valence-corrected chi connectivity index (χ1v) is 12.2. The lowest BCUT2D eigenvalue weighted by Crippen LogP contribution is -2.16. The van der Waals surface area contributed by atoms with Gasteiger partial charge in [0, 0.05) is 18.3 Å². The topological polar surface area (TPSA) is 126 Å². The van der Waals surface area contributed by atoms with E-state index in [-0.39, 0.29) is 22.9 Å². The number of benzene rings is 2. The van der Waals surface area contributed by atoms with Gasteiger partial charge in [0.15, 0.2) is 5.82 Å². The van der Waals surface area contributed by atoms with Gasteiger partial charge in [-0.25, -0.2) is 18.2 Å². The number of rotatable bonds is 9. The molecular weight excluding hydrogens is 472 g/mol. The van der Waals surface area contributed by atoms with Crippen molar-refractivity contribution in [3.05, 3.63) is 77.8 Å². The van der Waals surface area contributed by atoms with Crippen LogP contribution in [0.1, 0.15) is 28.7 Å². The van der Waals surface area contributed by atoms with Gasteiger partial charge in [-0.15, -0.1) is 0 Å². The smallest absolute Gasteiger partial charge is 0.343 e. The van der Waals surface area contributed by atoms with Crippen LogP contribution in [-0.2, 0) is 27.9 Å². The summed E-state index contributed by atoms with van der Waals surface area (Å²) in [7, 11) is -2.79. The Morgan fingerprint density at radius 1 is 1.11 bits per heavy atom. The van der Waals surface area contributed by atoms with Gasteiger partial charge < -0.3 is 13.9 Å². The molecule has 0 radical (unpaired) electrons. The van der Waals surface area contributed by atoms with Crippen LogP contribution in [0.4, 0.5) is 5.82 Å². The van der Waals surface area contributed by atoms with Gasteiger partial charge in [-0.2, -0.15) is 5.10 Å². The summed E-state index contributed by atoms with van der Waals surface area (Å²) in [5, 5.41) is 4.11. The summed E-state index contributed by atoms with van der Waals surface area (Å²) in [5.41, 5.74) is 1.53. The number of methoxy groups -OCH3 is 1. The maximum Gasteiger partial charge on any atom is 0.343 e. The normalized spacial score (nSPS) is 11.3. The Balaban J connectivity index is 1.45. The Kier molecular flexibility index (Phi) is 6.87. The standard InChI is InChI=1S/C24H24N4O6S/c1-4-28-14-20(24(29)32-3)22(26-28)27-35(30,31)19-12-10-18(11-13-19)33-15-21-16(2)34-23(25-21)17-8-6-5-7-9-17/h5-14H,4,15H2,1-3H3,(H,26,27). The number of oxazole rings is 1. The zero-order chi connectivity index (χ0) is 25.0. The third-order valence-electron chi connectivity index (χ3n) is 5.15. The number of hydrogen-bond donors (Lipinski definition) is 1. The number of nitrogens with zero attached hydrogens (tertiary/aromatic N) is 3. The van der Waals surface area contributed by atoms with E-state index in [9.17, 15) is 13.2 Å². The number of ether oxygens (including phenoxy) is 2. The second-order valence-electron chi connectivity index (χ2n) is 7.49. The van der Waals surface area contributed by atoms with Crippen molar-refractivity contribution in [2.24, 2.45) is 0 Å². The Bertz CT molecular complexity index is 1430. The molecule has 1 N–H and O–H groups in total. The lowest BCUT2D eigenvalue weighted by molar-refractivity contribution is 0.0602. The average Bonchev–Trinajstić information content (AvgIpc) is 3.45. The van der Waals surface area contributed by atoms with Crippen molar-refractivity contribution in [2.45, 2.75) is 31.9 Å². The summed E-state index contributed by atoms with van der Waals surface area (Å²) in [6, 6.07) is 15.4. The van der Waals surface area contributed by atoms with Crippen molar-refractivity contribution in [3.63, 3.8) is 0 Å². The molecule has 35 heavy (non-hydrogen) atoms. The first-order chi connectivity index (χ1) is 16.8. The van der Waals surface area contributed by atoms with Crippen LogP contribution in [0.15, 0.2) is 70.1 Å². The van der Waals surface area contributed by atoms with Crippen LogP contribution < -0.4 is 9.46 Å². The molecule has 0 amide bonds. The highest BCUT2D eigenvalue weighted by molar-refractivity contribution is 7.92. The quantitative estimate of drug-likeness (QED) is 0.344. The highest BCUT2D eigenvalue weighted by atomic mass is 32.2. The van der Waals surface area contributed by atoms with Crippen LogP contribution in [0.5, 0.6) is 5.75 Å². The van der Waals surface area contributed by atoms with Gasteiger partial charge in [-0.3, -0.25) is 9.40 Å². The highest BCUT2D eigenvalue weighted by Gasteiger charge is 2.23. The Morgan fingerprint density at radius 3 is 2.49 bits per heavy atom. The Labute approximate surface area is 202 Å². The molecule has 4 rings (SSSR count). The SMILES string of the molecule is CCn1cc(C(=O)OC)c(NS(=O)(=O)c2ccc(OCc3nc(-c4ccccc4)oc3C)cc2)n1. The molecule has 10 nitrogen and oxygen atoms in total. The Morgan fingerprint density at radius 2 is 1.83 bits per heavy atom. The van der Waals surface area contributed by atoms with Crippen LogP contribution in [0.25, 0.3) is 11.5 Å². The maximum absolute atomic E-state index is 12.9. The van der Waals surface area contributed by atoms with Gasteiger partial charge >= 0.3 is 5.97 Å². The van der Waals surface area contributed by atoms with Crippen LogP contribution >= 0.6 is 0 Å². The minimum atomic E-state index is -4.01. The molecule has 0 fully saturated rings. The van der Waals surface area contributed by atoms with Gasteiger partial charge in [0.25, 0.3) is 10.0 Å². The van der Waals surface area contributed by atoms with Crippen LogP contribution in [0.2, 0.25) is 0 Å². The fourth-order valence-electron chi connectivity index (χ4n) is 3.24. The summed E-state index contributed by atoms with van der Waals surface area (Å²) in [6.07, 6.45) is 1.43. The molecule has 0 atom stereocenters. The number of anilines is 1. The number of carbonyl (C=O) groups is 1. The highest BCUT2D eigenvalue weighted by Crippen LogP contribution is 2.24. The van der Waals surface area contributed by atoms with E-state index in [2.05, 4.69) is 14.8 Å². The van der Waals surface area contributed by atoms with Crippen molar-refractivity contribution in [2.75, 3.05) is 11.8 Å². The summed E-state index contributed by atoms with van der Waals surface area (Å²) in [4.78, 5) is 16.5. The largest absolute Gasteiger partial charge is 0.487 e. The van der Waals surface area contributed by atoms with Crippen LogP contribution in [0, 0.1) is 6.92 Å². The number of nitrogens with one attached hydrogen (secondary N) is 1. The number of aryl methyl sites for hydroxylation is 2. The molecule has 2 heterocycles. The Hall–Kier alpha value is -4.12. The van der Waals surface area contributed by atoms with E-state index < -0.39 is 16.0 Å². The van der Waals surface area contributed by atoms with Crippen LogP contribution in [0.3, 0.4) is 0 Å². The van der Waals surface area contributed by atoms with E-state index in [0.717, 1.165) is 5.56 Å². The van der Waals surface area contributed by atoms with Gasteiger partial charge in [-0.1, -0.05) is 18.2 Å². The summed E-state index contributed by atoms with van der Waals surface area (Å²) in [5.74, 6) is 0.809. The van der Waals surface area contributed by atoms with E-state index in [4.69, 9.17) is 13.9 Å². The second-order valence-corrected chi connectivity index (χ2v) is 9.17. The fourth-order valence-corrected chi connectivity index (χ4v) is 4.25. The number of carbonyl (C=O) groups excluding carboxylic acids is 1. The predicted molar refractivity (Wildman–Crippen MR) is 127 cm³/mol. The average molecular weight is 497 g/mol. The fraction of sp³-hybridized carbons (Fsp3) is 0.208. The molecule has 0 aliphatic carbocycles.